The molecule has 2 fully saturated rings. The van der Waals surface area contributed by atoms with Crippen LogP contribution >= 0.6 is 0 Å². The van der Waals surface area contributed by atoms with Crippen molar-refractivity contribution < 1.29 is 19.3 Å². The summed E-state index contributed by atoms with van der Waals surface area (Å²) in [5, 5.41) is 10.9. The summed E-state index contributed by atoms with van der Waals surface area (Å²) in [5.74, 6) is 0.426. The van der Waals surface area contributed by atoms with Gasteiger partial charge in [0.2, 0.25) is 0 Å². The lowest BCUT2D eigenvalue weighted by Gasteiger charge is -2.40. The van der Waals surface area contributed by atoms with Crippen molar-refractivity contribution in [2.24, 2.45) is 0 Å². The van der Waals surface area contributed by atoms with Gasteiger partial charge in [-0.1, -0.05) is 19.1 Å². The van der Waals surface area contributed by atoms with Gasteiger partial charge in [0, 0.05) is 12.8 Å². The first-order chi connectivity index (χ1) is 10.2. The van der Waals surface area contributed by atoms with Crippen LogP contribution in [0.3, 0.4) is 0 Å². The maximum atomic E-state index is 10.9. The first-order valence-electron chi connectivity index (χ1n) is 7.89. The predicted octanol–water partition coefficient (Wildman–Crippen LogP) is 2.98. The Bertz CT molecular complexity index is 452. The van der Waals surface area contributed by atoms with Crippen LogP contribution in [-0.4, -0.2) is 30.7 Å². The summed E-state index contributed by atoms with van der Waals surface area (Å²) in [7, 11) is 0. The number of hydrogen-bond acceptors (Lipinski definition) is 4. The van der Waals surface area contributed by atoms with Crippen LogP contribution in [0.1, 0.15) is 44.6 Å². The van der Waals surface area contributed by atoms with Gasteiger partial charge in [-0.3, -0.25) is 0 Å². The molecule has 4 heteroatoms. The van der Waals surface area contributed by atoms with E-state index >= 15 is 0 Å². The topological polar surface area (TPSA) is 47.9 Å². The maximum absolute atomic E-state index is 10.9. The van der Waals surface area contributed by atoms with Crippen LogP contribution in [0.5, 0.6) is 5.75 Å². The Morgan fingerprint density at radius 1 is 1.05 bits per heavy atom. The minimum absolute atomic E-state index is 0.434. The molecule has 4 nitrogen and oxygen atoms in total. The molecule has 0 aromatic heterocycles. The SMILES string of the molecule is CCCOc1ccc(C2(O)CCC3(CC2)OCCO3)cc1. The Morgan fingerprint density at radius 2 is 1.67 bits per heavy atom. The molecule has 116 valence electrons. The van der Waals surface area contributed by atoms with Crippen LogP contribution in [0, 0.1) is 0 Å². The van der Waals surface area contributed by atoms with Crippen LogP contribution in [0.25, 0.3) is 0 Å². The normalized spacial score (nSPS) is 23.3. The third kappa shape index (κ3) is 3.07. The quantitative estimate of drug-likeness (QED) is 0.927. The molecule has 2 aliphatic rings. The molecular formula is C17H24O4. The van der Waals surface area contributed by atoms with E-state index in [0.717, 1.165) is 37.2 Å². The lowest BCUT2D eigenvalue weighted by atomic mass is 9.77. The number of hydrogen-bond donors (Lipinski definition) is 1. The van der Waals surface area contributed by atoms with Gasteiger partial charge in [0.15, 0.2) is 5.79 Å². The van der Waals surface area contributed by atoms with Gasteiger partial charge >= 0.3 is 0 Å². The smallest absolute Gasteiger partial charge is 0.168 e. The maximum Gasteiger partial charge on any atom is 0.168 e. The highest BCUT2D eigenvalue weighted by Gasteiger charge is 2.46. The predicted molar refractivity (Wildman–Crippen MR) is 79.2 cm³/mol. The molecule has 0 unspecified atom stereocenters. The number of ether oxygens (including phenoxy) is 3. The Morgan fingerprint density at radius 3 is 2.24 bits per heavy atom. The van der Waals surface area contributed by atoms with Crippen LogP contribution in [0.4, 0.5) is 0 Å². The fourth-order valence-corrected chi connectivity index (χ4v) is 3.20. The first kappa shape index (κ1) is 14.8. The summed E-state index contributed by atoms with van der Waals surface area (Å²) < 4.78 is 17.0. The van der Waals surface area contributed by atoms with E-state index in [0.29, 0.717) is 26.1 Å². The molecule has 1 spiro atoms. The Labute approximate surface area is 126 Å². The number of rotatable bonds is 4. The second-order valence-corrected chi connectivity index (χ2v) is 6.01. The fraction of sp³-hybridized carbons (Fsp3) is 0.647. The molecule has 21 heavy (non-hydrogen) atoms. The average Bonchev–Trinajstić information content (AvgIpc) is 2.98. The van der Waals surface area contributed by atoms with E-state index in [1.54, 1.807) is 0 Å². The van der Waals surface area contributed by atoms with Crippen molar-refractivity contribution in [3.8, 4) is 5.75 Å². The third-order valence-electron chi connectivity index (χ3n) is 4.52. The third-order valence-corrected chi connectivity index (χ3v) is 4.52. The van der Waals surface area contributed by atoms with Gasteiger partial charge < -0.3 is 19.3 Å². The van der Waals surface area contributed by atoms with Gasteiger partial charge in [0.25, 0.3) is 0 Å². The lowest BCUT2D eigenvalue weighted by molar-refractivity contribution is -0.204. The molecule has 1 N–H and O–H groups in total. The minimum atomic E-state index is -0.774. The van der Waals surface area contributed by atoms with Crippen molar-refractivity contribution in [1.29, 1.82) is 0 Å². The van der Waals surface area contributed by atoms with Crippen molar-refractivity contribution in [2.75, 3.05) is 19.8 Å². The van der Waals surface area contributed by atoms with Crippen LogP contribution in [0.15, 0.2) is 24.3 Å². The monoisotopic (exact) mass is 292 g/mol. The largest absolute Gasteiger partial charge is 0.494 e. The van der Waals surface area contributed by atoms with Crippen molar-refractivity contribution in [2.45, 2.75) is 50.4 Å². The Kier molecular flexibility index (Phi) is 4.20. The molecule has 3 rings (SSSR count). The highest BCUT2D eigenvalue weighted by atomic mass is 16.7. The van der Waals surface area contributed by atoms with Gasteiger partial charge in [0.1, 0.15) is 5.75 Å². The Balaban J connectivity index is 1.65. The molecule has 1 aliphatic heterocycles. The van der Waals surface area contributed by atoms with Crippen molar-refractivity contribution in [3.05, 3.63) is 29.8 Å². The zero-order valence-corrected chi connectivity index (χ0v) is 12.6. The molecule has 1 heterocycles. The summed E-state index contributed by atoms with van der Waals surface area (Å²) in [6.45, 7) is 4.15. The second kappa shape index (κ2) is 5.95. The summed E-state index contributed by atoms with van der Waals surface area (Å²) in [5.41, 5.74) is 0.184. The molecule has 1 saturated carbocycles. The van der Waals surface area contributed by atoms with E-state index in [9.17, 15) is 5.11 Å². The van der Waals surface area contributed by atoms with Gasteiger partial charge in [-0.15, -0.1) is 0 Å². The molecule has 0 atom stereocenters. The van der Waals surface area contributed by atoms with E-state index in [2.05, 4.69) is 6.92 Å². The second-order valence-electron chi connectivity index (χ2n) is 6.01. The van der Waals surface area contributed by atoms with E-state index < -0.39 is 11.4 Å². The van der Waals surface area contributed by atoms with Gasteiger partial charge in [0.05, 0.1) is 25.4 Å². The number of aliphatic hydroxyl groups is 1. The lowest BCUT2D eigenvalue weighted by Crippen LogP contribution is -2.42. The highest BCUT2D eigenvalue weighted by molar-refractivity contribution is 5.31. The van der Waals surface area contributed by atoms with Crippen molar-refractivity contribution >= 4 is 0 Å². The summed E-state index contributed by atoms with van der Waals surface area (Å²) in [6.07, 6.45) is 3.83. The van der Waals surface area contributed by atoms with E-state index in [4.69, 9.17) is 14.2 Å². The summed E-state index contributed by atoms with van der Waals surface area (Å²) in [4.78, 5) is 0. The van der Waals surface area contributed by atoms with Crippen LogP contribution in [-0.2, 0) is 15.1 Å². The molecule has 0 radical (unpaired) electrons. The van der Waals surface area contributed by atoms with Gasteiger partial charge in [-0.05, 0) is 37.0 Å². The highest BCUT2D eigenvalue weighted by Crippen LogP contribution is 2.44. The zero-order chi connectivity index (χ0) is 14.8. The Hall–Kier alpha value is -1.10. The molecule has 0 amide bonds. The minimum Gasteiger partial charge on any atom is -0.494 e. The van der Waals surface area contributed by atoms with E-state index in [1.807, 2.05) is 24.3 Å². The number of benzene rings is 1. The molecule has 1 aliphatic carbocycles. The molecule has 1 aromatic carbocycles. The zero-order valence-electron chi connectivity index (χ0n) is 12.6. The van der Waals surface area contributed by atoms with Crippen molar-refractivity contribution in [3.63, 3.8) is 0 Å². The molecule has 1 saturated heterocycles. The molecular weight excluding hydrogens is 268 g/mol. The molecule has 1 aromatic rings. The van der Waals surface area contributed by atoms with Crippen LogP contribution < -0.4 is 4.74 Å². The summed E-state index contributed by atoms with van der Waals surface area (Å²) in [6, 6.07) is 7.82. The average molecular weight is 292 g/mol. The first-order valence-corrected chi connectivity index (χ1v) is 7.89. The van der Waals surface area contributed by atoms with E-state index in [1.165, 1.54) is 0 Å². The standard InChI is InChI=1S/C17H24O4/c1-2-11-19-15-5-3-14(4-6-15)16(18)7-9-17(10-8-16)20-12-13-21-17/h3-6,18H,2,7-13H2,1H3. The van der Waals surface area contributed by atoms with Gasteiger partial charge in [-0.25, -0.2) is 0 Å². The van der Waals surface area contributed by atoms with Crippen molar-refractivity contribution in [1.82, 2.24) is 0 Å². The molecule has 0 bridgehead atoms. The van der Waals surface area contributed by atoms with E-state index in [-0.39, 0.29) is 0 Å². The summed E-state index contributed by atoms with van der Waals surface area (Å²) >= 11 is 0. The fourth-order valence-electron chi connectivity index (χ4n) is 3.20. The van der Waals surface area contributed by atoms with Gasteiger partial charge in [-0.2, -0.15) is 0 Å². The van der Waals surface area contributed by atoms with Crippen LogP contribution in [0.2, 0.25) is 0 Å².